The van der Waals surface area contributed by atoms with Crippen LogP contribution < -0.4 is 19.6 Å². The highest BCUT2D eigenvalue weighted by molar-refractivity contribution is 7.15. The molecular formula is C19H14ClN3O3S. The topological polar surface area (TPSA) is 65.7 Å². The maximum atomic E-state index is 12.7. The van der Waals surface area contributed by atoms with Gasteiger partial charge in [0.1, 0.15) is 0 Å². The average molecular weight is 400 g/mol. The van der Waals surface area contributed by atoms with E-state index in [1.165, 1.54) is 15.9 Å². The van der Waals surface area contributed by atoms with Crippen LogP contribution in [0.15, 0.2) is 47.3 Å². The molecule has 4 rings (SSSR count). The summed E-state index contributed by atoms with van der Waals surface area (Å²) in [6.07, 6.45) is 1.78. The minimum absolute atomic E-state index is 0.217. The highest BCUT2D eigenvalue weighted by Gasteiger charge is 2.12. The lowest BCUT2D eigenvalue weighted by Crippen LogP contribution is -2.23. The average Bonchev–Trinajstić information content (AvgIpc) is 3.21. The second kappa shape index (κ2) is 7.02. The van der Waals surface area contributed by atoms with E-state index in [0.29, 0.717) is 31.8 Å². The Labute approximate surface area is 163 Å². The predicted molar refractivity (Wildman–Crippen MR) is 106 cm³/mol. The smallest absolute Gasteiger partial charge is 0.291 e. The minimum Gasteiger partial charge on any atom is -0.493 e. The molecule has 0 bridgehead atoms. The third kappa shape index (κ3) is 3.27. The number of halogens is 1. The highest BCUT2D eigenvalue weighted by Crippen LogP contribution is 2.27. The van der Waals surface area contributed by atoms with E-state index in [1.54, 1.807) is 38.5 Å². The first-order valence-corrected chi connectivity index (χ1v) is 9.18. The summed E-state index contributed by atoms with van der Waals surface area (Å²) in [6, 6.07) is 12.7. The van der Waals surface area contributed by atoms with Crippen molar-refractivity contribution in [2.45, 2.75) is 0 Å². The molecule has 0 saturated heterocycles. The lowest BCUT2D eigenvalue weighted by Gasteiger charge is -2.07. The molecule has 0 aliphatic rings. The summed E-state index contributed by atoms with van der Waals surface area (Å²) in [5.41, 5.74) is 1.37. The third-order valence-corrected chi connectivity index (χ3v) is 5.16. The van der Waals surface area contributed by atoms with Gasteiger partial charge in [-0.3, -0.25) is 4.79 Å². The monoisotopic (exact) mass is 399 g/mol. The number of thiazole rings is 1. The van der Waals surface area contributed by atoms with E-state index in [2.05, 4.69) is 10.1 Å². The van der Waals surface area contributed by atoms with E-state index in [0.717, 1.165) is 11.1 Å². The molecule has 0 atom stereocenters. The Morgan fingerprint density at radius 1 is 1.11 bits per heavy atom. The van der Waals surface area contributed by atoms with Crippen LogP contribution >= 0.6 is 22.9 Å². The molecule has 0 spiro atoms. The number of nitrogens with zero attached hydrogens (tertiary/aromatic N) is 3. The van der Waals surface area contributed by atoms with E-state index in [9.17, 15) is 4.79 Å². The van der Waals surface area contributed by atoms with Crippen molar-refractivity contribution < 1.29 is 9.47 Å². The maximum absolute atomic E-state index is 12.7. The first-order valence-electron chi connectivity index (χ1n) is 7.98. The van der Waals surface area contributed by atoms with Crippen molar-refractivity contribution in [1.82, 2.24) is 14.6 Å². The summed E-state index contributed by atoms with van der Waals surface area (Å²) >= 11 is 7.29. The van der Waals surface area contributed by atoms with Crippen molar-refractivity contribution >= 4 is 34.0 Å². The van der Waals surface area contributed by atoms with Gasteiger partial charge in [0, 0.05) is 10.6 Å². The number of fused-ring (bicyclic) bond motifs is 1. The molecule has 2 aromatic heterocycles. The second-order valence-corrected chi connectivity index (χ2v) is 7.12. The van der Waals surface area contributed by atoms with Crippen molar-refractivity contribution in [2.24, 2.45) is 0 Å². The van der Waals surface area contributed by atoms with E-state index in [1.807, 2.05) is 24.3 Å². The molecule has 0 N–H and O–H groups in total. The van der Waals surface area contributed by atoms with Gasteiger partial charge in [0.15, 0.2) is 17.3 Å². The summed E-state index contributed by atoms with van der Waals surface area (Å²) in [7, 11) is 3.15. The van der Waals surface area contributed by atoms with Crippen LogP contribution in [0.3, 0.4) is 0 Å². The Balaban J connectivity index is 1.78. The second-order valence-electron chi connectivity index (χ2n) is 5.67. The summed E-state index contributed by atoms with van der Waals surface area (Å²) in [5.74, 6) is 1.70. The van der Waals surface area contributed by atoms with Gasteiger partial charge in [-0.25, -0.2) is 0 Å². The maximum Gasteiger partial charge on any atom is 0.291 e. The predicted octanol–water partition coefficient (Wildman–Crippen LogP) is 3.04. The fourth-order valence-corrected chi connectivity index (χ4v) is 3.78. The normalized spacial score (nSPS) is 11.9. The van der Waals surface area contributed by atoms with Gasteiger partial charge in [-0.2, -0.15) is 9.50 Å². The molecule has 2 aromatic carbocycles. The number of benzene rings is 2. The summed E-state index contributed by atoms with van der Waals surface area (Å²) < 4.78 is 12.4. The van der Waals surface area contributed by atoms with Gasteiger partial charge in [0.2, 0.25) is 4.96 Å². The van der Waals surface area contributed by atoms with Gasteiger partial charge in [-0.05, 0) is 35.9 Å². The summed E-state index contributed by atoms with van der Waals surface area (Å²) in [4.78, 5) is 17.7. The molecule has 2 heterocycles. The van der Waals surface area contributed by atoms with Crippen LogP contribution in [-0.2, 0) is 0 Å². The molecule has 0 fully saturated rings. The molecule has 6 nitrogen and oxygen atoms in total. The Bertz CT molecular complexity index is 1250. The molecule has 0 aliphatic carbocycles. The van der Waals surface area contributed by atoms with Crippen LogP contribution in [0.2, 0.25) is 5.02 Å². The lowest BCUT2D eigenvalue weighted by atomic mass is 10.2. The van der Waals surface area contributed by atoms with Crippen molar-refractivity contribution in [2.75, 3.05) is 14.2 Å². The van der Waals surface area contributed by atoms with Crippen LogP contribution in [0.4, 0.5) is 0 Å². The van der Waals surface area contributed by atoms with Crippen molar-refractivity contribution in [3.05, 3.63) is 67.9 Å². The number of methoxy groups -OCH3 is 2. The van der Waals surface area contributed by atoms with Gasteiger partial charge in [-0.15, -0.1) is 5.10 Å². The van der Waals surface area contributed by atoms with E-state index in [-0.39, 0.29) is 5.56 Å². The van der Waals surface area contributed by atoms with Crippen molar-refractivity contribution in [1.29, 1.82) is 0 Å². The standard InChI is InChI=1S/C19H14ClN3O3S/c1-25-14-7-6-11(8-15(14)26-2)9-16-18(24)23-19(27-16)21-17(22-23)12-4-3-5-13(20)10-12/h3-10H,1-2H3/b16-9-. The number of ether oxygens (including phenoxy) is 2. The van der Waals surface area contributed by atoms with Gasteiger partial charge in [0.05, 0.1) is 18.8 Å². The molecule has 0 aliphatic heterocycles. The molecule has 27 heavy (non-hydrogen) atoms. The van der Waals surface area contributed by atoms with Crippen molar-refractivity contribution in [3.8, 4) is 22.9 Å². The third-order valence-electron chi connectivity index (χ3n) is 3.97. The largest absolute Gasteiger partial charge is 0.493 e. The molecule has 0 unspecified atom stereocenters. The Morgan fingerprint density at radius 2 is 1.93 bits per heavy atom. The van der Waals surface area contributed by atoms with Crippen LogP contribution in [-0.4, -0.2) is 28.8 Å². The highest BCUT2D eigenvalue weighted by atomic mass is 35.5. The quantitative estimate of drug-likeness (QED) is 0.527. The molecular weight excluding hydrogens is 386 g/mol. The molecule has 0 radical (unpaired) electrons. The number of hydrogen-bond donors (Lipinski definition) is 0. The van der Waals surface area contributed by atoms with Crippen LogP contribution in [0, 0.1) is 0 Å². The Morgan fingerprint density at radius 3 is 2.63 bits per heavy atom. The zero-order valence-electron chi connectivity index (χ0n) is 14.5. The van der Waals surface area contributed by atoms with Gasteiger partial charge in [-0.1, -0.05) is 41.1 Å². The fraction of sp³-hybridized carbons (Fsp3) is 0.105. The van der Waals surface area contributed by atoms with Crippen LogP contribution in [0.1, 0.15) is 5.56 Å². The summed E-state index contributed by atoms with van der Waals surface area (Å²) in [5, 5.41) is 4.92. The van der Waals surface area contributed by atoms with Crippen molar-refractivity contribution in [3.63, 3.8) is 0 Å². The first-order chi connectivity index (χ1) is 13.1. The molecule has 8 heteroatoms. The van der Waals surface area contributed by atoms with Crippen LogP contribution in [0.5, 0.6) is 11.5 Å². The minimum atomic E-state index is -0.217. The zero-order valence-corrected chi connectivity index (χ0v) is 16.0. The molecule has 4 aromatic rings. The number of rotatable bonds is 4. The molecule has 136 valence electrons. The number of aromatic nitrogens is 3. The lowest BCUT2D eigenvalue weighted by molar-refractivity contribution is 0.355. The van der Waals surface area contributed by atoms with Crippen LogP contribution in [0.25, 0.3) is 22.4 Å². The molecule has 0 saturated carbocycles. The van der Waals surface area contributed by atoms with E-state index < -0.39 is 0 Å². The fourth-order valence-electron chi connectivity index (χ4n) is 2.68. The first kappa shape index (κ1) is 17.5. The van der Waals surface area contributed by atoms with Gasteiger partial charge < -0.3 is 9.47 Å². The summed E-state index contributed by atoms with van der Waals surface area (Å²) in [6.45, 7) is 0. The van der Waals surface area contributed by atoms with Gasteiger partial charge >= 0.3 is 0 Å². The van der Waals surface area contributed by atoms with E-state index in [4.69, 9.17) is 21.1 Å². The number of hydrogen-bond acceptors (Lipinski definition) is 6. The Hall–Kier alpha value is -2.90. The zero-order chi connectivity index (χ0) is 19.0. The van der Waals surface area contributed by atoms with Gasteiger partial charge in [0.25, 0.3) is 5.56 Å². The van der Waals surface area contributed by atoms with E-state index >= 15 is 0 Å². The molecule has 0 amide bonds. The Kier molecular flexibility index (Phi) is 4.55. The SMILES string of the molecule is COc1ccc(/C=c2\sc3nc(-c4cccc(Cl)c4)nn3c2=O)cc1OC.